The van der Waals surface area contributed by atoms with Crippen LogP contribution in [0.4, 0.5) is 0 Å². The van der Waals surface area contributed by atoms with Gasteiger partial charge in [-0.2, -0.15) is 0 Å². The van der Waals surface area contributed by atoms with E-state index in [1.165, 1.54) is 0 Å². The lowest BCUT2D eigenvalue weighted by molar-refractivity contribution is -0.130. The number of ether oxygens (including phenoxy) is 4. The molecule has 1 N–H and O–H groups in total. The molecule has 100 valence electrons. The molecule has 0 saturated carbocycles. The number of methoxy groups -OCH3 is 2. The average Bonchev–Trinajstić information content (AvgIpc) is 2.62. The van der Waals surface area contributed by atoms with Crippen molar-refractivity contribution in [1.82, 2.24) is 5.32 Å². The van der Waals surface area contributed by atoms with Crippen LogP contribution in [0, 0.1) is 0 Å². The largest absolute Gasteiger partial charge is 0.382 e. The maximum Gasteiger partial charge on any atom is 0.245 e. The Labute approximate surface area is 102 Å². The monoisotopic (exact) mass is 247 g/mol. The number of nitrogens with one attached hydrogen (secondary N) is 1. The lowest BCUT2D eigenvalue weighted by atomic mass is 10.1. The summed E-state index contributed by atoms with van der Waals surface area (Å²) in [6, 6.07) is 0. The van der Waals surface area contributed by atoms with E-state index in [1.54, 1.807) is 21.3 Å². The minimum Gasteiger partial charge on any atom is -0.382 e. The van der Waals surface area contributed by atoms with Crippen LogP contribution in [0.5, 0.6) is 0 Å². The Morgan fingerprint density at radius 2 is 2.06 bits per heavy atom. The number of carbonyl (C=O) groups is 1. The van der Waals surface area contributed by atoms with Gasteiger partial charge in [0.05, 0.1) is 12.7 Å². The standard InChI is InChI=1S/C11H21NO5/c1-7-10(16-6-9(13)12-2)11(15-4)8(17-7)5-14-3/h7-8,10-11H,5-6H2,1-4H3,(H,12,13)/t7-,8+,10?,11-/m0/s1. The molecule has 1 heterocycles. The van der Waals surface area contributed by atoms with Gasteiger partial charge in [0.2, 0.25) is 5.91 Å². The molecule has 17 heavy (non-hydrogen) atoms. The van der Waals surface area contributed by atoms with Crippen molar-refractivity contribution < 1.29 is 23.7 Å². The highest BCUT2D eigenvalue weighted by Gasteiger charge is 2.43. The fraction of sp³-hybridized carbons (Fsp3) is 0.909. The molecule has 0 spiro atoms. The third-order valence-corrected chi connectivity index (χ3v) is 2.83. The van der Waals surface area contributed by atoms with Crippen molar-refractivity contribution in [2.45, 2.75) is 31.3 Å². The zero-order valence-electron chi connectivity index (χ0n) is 10.8. The van der Waals surface area contributed by atoms with E-state index < -0.39 is 0 Å². The second-order valence-electron chi connectivity index (χ2n) is 3.98. The van der Waals surface area contributed by atoms with E-state index in [1.807, 2.05) is 6.92 Å². The van der Waals surface area contributed by atoms with Crippen molar-refractivity contribution >= 4 is 5.91 Å². The van der Waals surface area contributed by atoms with E-state index in [2.05, 4.69) is 5.32 Å². The number of likely N-dealkylation sites (N-methyl/N-ethyl adjacent to an activating group) is 1. The first kappa shape index (κ1) is 14.4. The lowest BCUT2D eigenvalue weighted by Crippen LogP contribution is -2.39. The predicted molar refractivity (Wildman–Crippen MR) is 60.8 cm³/mol. The van der Waals surface area contributed by atoms with Crippen molar-refractivity contribution in [2.24, 2.45) is 0 Å². The van der Waals surface area contributed by atoms with Crippen molar-refractivity contribution in [2.75, 3.05) is 34.5 Å². The summed E-state index contributed by atoms with van der Waals surface area (Å²) in [5.41, 5.74) is 0. The average molecular weight is 247 g/mol. The Hall–Kier alpha value is -0.690. The molecule has 0 bridgehead atoms. The Balaban J connectivity index is 2.53. The Kier molecular flexibility index (Phi) is 5.84. The van der Waals surface area contributed by atoms with Gasteiger partial charge < -0.3 is 24.3 Å². The van der Waals surface area contributed by atoms with E-state index in [4.69, 9.17) is 18.9 Å². The molecule has 4 atom stereocenters. The van der Waals surface area contributed by atoms with Gasteiger partial charge in [-0.25, -0.2) is 0 Å². The molecule has 0 aromatic heterocycles. The molecule has 0 aliphatic carbocycles. The van der Waals surface area contributed by atoms with Crippen LogP contribution in [-0.2, 0) is 23.7 Å². The van der Waals surface area contributed by atoms with Crippen molar-refractivity contribution in [3.05, 3.63) is 0 Å². The molecule has 1 unspecified atom stereocenters. The lowest BCUT2D eigenvalue weighted by Gasteiger charge is -2.21. The SMILES string of the molecule is CNC(=O)COC1[C@H](C)O[C@H](COC)[C@@H]1OC. The van der Waals surface area contributed by atoms with Gasteiger partial charge in [-0.3, -0.25) is 4.79 Å². The van der Waals surface area contributed by atoms with Gasteiger partial charge in [0.1, 0.15) is 24.9 Å². The van der Waals surface area contributed by atoms with Crippen LogP contribution in [0.25, 0.3) is 0 Å². The number of hydrogen-bond donors (Lipinski definition) is 1. The Morgan fingerprint density at radius 3 is 2.59 bits per heavy atom. The fourth-order valence-corrected chi connectivity index (χ4v) is 1.97. The molecule has 6 heteroatoms. The molecular weight excluding hydrogens is 226 g/mol. The van der Waals surface area contributed by atoms with E-state index in [0.717, 1.165) is 0 Å². The number of hydrogen-bond acceptors (Lipinski definition) is 5. The minimum atomic E-state index is -0.252. The molecule has 1 amide bonds. The summed E-state index contributed by atoms with van der Waals surface area (Å²) in [7, 11) is 4.78. The van der Waals surface area contributed by atoms with Crippen LogP contribution in [-0.4, -0.2) is 64.8 Å². The molecule has 1 saturated heterocycles. The molecule has 0 aromatic rings. The number of amides is 1. The fourth-order valence-electron chi connectivity index (χ4n) is 1.97. The van der Waals surface area contributed by atoms with Crippen LogP contribution >= 0.6 is 0 Å². The molecule has 1 rings (SSSR count). The van der Waals surface area contributed by atoms with Crippen molar-refractivity contribution in [3.63, 3.8) is 0 Å². The van der Waals surface area contributed by atoms with Crippen LogP contribution in [0.2, 0.25) is 0 Å². The van der Waals surface area contributed by atoms with Gasteiger partial charge in [0.25, 0.3) is 0 Å². The topological polar surface area (TPSA) is 66.0 Å². The molecule has 0 aromatic carbocycles. The quantitative estimate of drug-likeness (QED) is 0.689. The smallest absolute Gasteiger partial charge is 0.245 e. The summed E-state index contributed by atoms with van der Waals surface area (Å²) < 4.78 is 21.6. The van der Waals surface area contributed by atoms with Gasteiger partial charge in [0, 0.05) is 21.3 Å². The second-order valence-corrected chi connectivity index (χ2v) is 3.98. The molecule has 6 nitrogen and oxygen atoms in total. The zero-order valence-corrected chi connectivity index (χ0v) is 10.8. The molecule has 1 aliphatic rings. The van der Waals surface area contributed by atoms with Gasteiger partial charge in [-0.05, 0) is 6.92 Å². The second kappa shape index (κ2) is 6.90. The van der Waals surface area contributed by atoms with Gasteiger partial charge >= 0.3 is 0 Å². The zero-order chi connectivity index (χ0) is 12.8. The van der Waals surface area contributed by atoms with Crippen molar-refractivity contribution in [1.29, 1.82) is 0 Å². The van der Waals surface area contributed by atoms with Crippen LogP contribution in [0.3, 0.4) is 0 Å². The first-order valence-electron chi connectivity index (χ1n) is 5.63. The number of rotatable bonds is 6. The third-order valence-electron chi connectivity index (χ3n) is 2.83. The highest BCUT2D eigenvalue weighted by atomic mass is 16.6. The normalized spacial score (nSPS) is 32.7. The highest BCUT2D eigenvalue weighted by Crippen LogP contribution is 2.26. The summed E-state index contributed by atoms with van der Waals surface area (Å²) in [6.45, 7) is 2.35. The molecule has 1 aliphatic heterocycles. The van der Waals surface area contributed by atoms with E-state index >= 15 is 0 Å². The number of carbonyl (C=O) groups excluding carboxylic acids is 1. The molecular formula is C11H21NO5. The molecule has 1 fully saturated rings. The highest BCUT2D eigenvalue weighted by molar-refractivity contribution is 5.76. The predicted octanol–water partition coefficient (Wildman–Crippen LogP) is -0.434. The minimum absolute atomic E-state index is 0.00836. The molecule has 0 radical (unpaired) electrons. The Morgan fingerprint density at radius 1 is 1.35 bits per heavy atom. The van der Waals surface area contributed by atoms with Crippen LogP contribution < -0.4 is 5.32 Å². The van der Waals surface area contributed by atoms with Gasteiger partial charge in [-0.15, -0.1) is 0 Å². The first-order valence-corrected chi connectivity index (χ1v) is 5.63. The van der Waals surface area contributed by atoms with E-state index in [9.17, 15) is 4.79 Å². The first-order chi connectivity index (χ1) is 8.13. The summed E-state index contributed by atoms with van der Waals surface area (Å²) in [4.78, 5) is 11.1. The summed E-state index contributed by atoms with van der Waals surface area (Å²) in [6.07, 6.45) is -0.744. The van der Waals surface area contributed by atoms with E-state index in [0.29, 0.717) is 6.61 Å². The summed E-state index contributed by atoms with van der Waals surface area (Å²) >= 11 is 0. The van der Waals surface area contributed by atoms with Crippen molar-refractivity contribution in [3.8, 4) is 0 Å². The maximum absolute atomic E-state index is 11.1. The maximum atomic E-state index is 11.1. The van der Waals surface area contributed by atoms with E-state index in [-0.39, 0.29) is 36.9 Å². The van der Waals surface area contributed by atoms with Gasteiger partial charge in [0.15, 0.2) is 0 Å². The van der Waals surface area contributed by atoms with Crippen LogP contribution in [0.1, 0.15) is 6.92 Å². The summed E-state index contributed by atoms with van der Waals surface area (Å²) in [5, 5.41) is 2.50. The van der Waals surface area contributed by atoms with Gasteiger partial charge in [-0.1, -0.05) is 0 Å². The Bertz CT molecular complexity index is 248. The summed E-state index contributed by atoms with van der Waals surface area (Å²) in [5.74, 6) is -0.165. The third kappa shape index (κ3) is 3.64. The van der Waals surface area contributed by atoms with Crippen LogP contribution in [0.15, 0.2) is 0 Å².